The summed E-state index contributed by atoms with van der Waals surface area (Å²) in [6.07, 6.45) is 3.85. The highest BCUT2D eigenvalue weighted by atomic mass is 16.5. The van der Waals surface area contributed by atoms with Crippen LogP contribution in [0, 0.1) is 13.8 Å². The number of carbonyl (C=O) groups is 1. The Labute approximate surface area is 253 Å². The van der Waals surface area contributed by atoms with Crippen molar-refractivity contribution in [3.05, 3.63) is 88.1 Å². The number of phenols is 1. The molecule has 1 aliphatic heterocycles. The smallest absolute Gasteiger partial charge is 0.273 e. The Morgan fingerprint density at radius 3 is 2.47 bits per heavy atom. The van der Waals surface area contributed by atoms with E-state index in [0.29, 0.717) is 54.6 Å². The summed E-state index contributed by atoms with van der Waals surface area (Å²) < 4.78 is 17.5. The third kappa shape index (κ3) is 6.19. The van der Waals surface area contributed by atoms with Crippen LogP contribution in [0.3, 0.4) is 0 Å². The van der Waals surface area contributed by atoms with Gasteiger partial charge in [-0.05, 0) is 86.2 Å². The van der Waals surface area contributed by atoms with Gasteiger partial charge in [-0.3, -0.25) is 9.89 Å². The molecule has 1 amide bonds. The van der Waals surface area contributed by atoms with Crippen molar-refractivity contribution in [2.75, 3.05) is 26.9 Å². The topological polar surface area (TPSA) is 96.9 Å². The number of ether oxygens (including phenoxy) is 3. The molecule has 4 aromatic rings. The molecule has 8 nitrogen and oxygen atoms in total. The third-order valence-electron chi connectivity index (χ3n) is 7.95. The number of aromatic amines is 1. The molecule has 0 spiro atoms. The first-order valence-electron chi connectivity index (χ1n) is 15.1. The van der Waals surface area contributed by atoms with E-state index >= 15 is 0 Å². The number of unbranched alkanes of at least 4 members (excludes halogenated alkanes) is 2. The fraction of sp³-hybridized carbons (Fsp3) is 0.371. The number of methoxy groups -OCH3 is 1. The highest BCUT2D eigenvalue weighted by molar-refractivity contribution is 6.00. The summed E-state index contributed by atoms with van der Waals surface area (Å²) in [5.41, 5.74) is 6.22. The highest BCUT2D eigenvalue weighted by Gasteiger charge is 2.43. The second-order valence-corrected chi connectivity index (χ2v) is 11.0. The fourth-order valence-electron chi connectivity index (χ4n) is 5.88. The zero-order valence-electron chi connectivity index (χ0n) is 25.7. The van der Waals surface area contributed by atoms with Gasteiger partial charge in [0.05, 0.1) is 26.4 Å². The number of aromatic hydroxyl groups is 1. The predicted octanol–water partition coefficient (Wildman–Crippen LogP) is 7.16. The summed E-state index contributed by atoms with van der Waals surface area (Å²) in [5, 5.41) is 18.6. The van der Waals surface area contributed by atoms with Gasteiger partial charge in [-0.2, -0.15) is 5.10 Å². The number of nitrogens with one attached hydrogen (secondary N) is 1. The minimum atomic E-state index is -0.442. The van der Waals surface area contributed by atoms with Crippen molar-refractivity contribution in [1.82, 2.24) is 15.1 Å². The van der Waals surface area contributed by atoms with Gasteiger partial charge in [-0.1, -0.05) is 44.0 Å². The Bertz CT molecular complexity index is 1550. The van der Waals surface area contributed by atoms with E-state index in [4.69, 9.17) is 14.2 Å². The summed E-state index contributed by atoms with van der Waals surface area (Å²) in [5.74, 6) is 2.13. The molecule has 2 heterocycles. The van der Waals surface area contributed by atoms with E-state index in [1.165, 1.54) is 0 Å². The van der Waals surface area contributed by atoms with Crippen molar-refractivity contribution in [3.8, 4) is 34.3 Å². The number of H-pyrrole nitrogens is 1. The molecule has 0 saturated heterocycles. The summed E-state index contributed by atoms with van der Waals surface area (Å²) in [4.78, 5) is 15.8. The van der Waals surface area contributed by atoms with E-state index in [1.807, 2.05) is 74.2 Å². The lowest BCUT2D eigenvalue weighted by atomic mass is 9.93. The van der Waals surface area contributed by atoms with E-state index in [2.05, 4.69) is 17.1 Å². The monoisotopic (exact) mass is 583 g/mol. The lowest BCUT2D eigenvalue weighted by molar-refractivity contribution is 0.0745. The van der Waals surface area contributed by atoms with E-state index in [1.54, 1.807) is 13.2 Å². The lowest BCUT2D eigenvalue weighted by Gasteiger charge is -2.27. The first-order chi connectivity index (χ1) is 20.9. The largest absolute Gasteiger partial charge is 0.507 e. The molecule has 1 aliphatic rings. The van der Waals surface area contributed by atoms with Gasteiger partial charge in [0.1, 0.15) is 22.9 Å². The van der Waals surface area contributed by atoms with Gasteiger partial charge in [0.15, 0.2) is 11.5 Å². The maximum Gasteiger partial charge on any atom is 0.273 e. The summed E-state index contributed by atoms with van der Waals surface area (Å²) >= 11 is 0. The molecular formula is C35H41N3O5. The molecule has 0 aliphatic carbocycles. The molecule has 2 N–H and O–H groups in total. The zero-order chi connectivity index (χ0) is 30.5. The normalized spacial score (nSPS) is 14.2. The maximum absolute atomic E-state index is 14.0. The number of hydrogen-bond acceptors (Lipinski definition) is 6. The van der Waals surface area contributed by atoms with Gasteiger partial charge in [-0.25, -0.2) is 0 Å². The molecule has 43 heavy (non-hydrogen) atoms. The molecule has 0 radical (unpaired) electrons. The predicted molar refractivity (Wildman–Crippen MR) is 167 cm³/mol. The van der Waals surface area contributed by atoms with Crippen LogP contribution in [0.4, 0.5) is 0 Å². The Hall–Kier alpha value is -4.46. The van der Waals surface area contributed by atoms with E-state index in [-0.39, 0.29) is 11.7 Å². The molecule has 226 valence electrons. The van der Waals surface area contributed by atoms with Gasteiger partial charge in [-0.15, -0.1) is 0 Å². The SMILES string of the molecule is CCCCCOc1ccc(C2c3c(-c4c(C)cc(C)cc4O)n[nH]c3C(=O)N2CCc2ccc(OC)cc2)cc1OCC. The number of hydrogen-bond donors (Lipinski definition) is 2. The molecule has 8 heteroatoms. The van der Waals surface area contributed by atoms with Gasteiger partial charge < -0.3 is 24.2 Å². The van der Waals surface area contributed by atoms with E-state index in [0.717, 1.165) is 52.8 Å². The van der Waals surface area contributed by atoms with Crippen LogP contribution >= 0.6 is 0 Å². The Morgan fingerprint density at radius 1 is 0.977 bits per heavy atom. The summed E-state index contributed by atoms with van der Waals surface area (Å²) in [7, 11) is 1.65. The quantitative estimate of drug-likeness (QED) is 0.162. The van der Waals surface area contributed by atoms with Crippen molar-refractivity contribution >= 4 is 5.91 Å². The van der Waals surface area contributed by atoms with Crippen LogP contribution in [0.1, 0.15) is 77.5 Å². The number of aryl methyl sites for hydroxylation is 2. The average Bonchev–Trinajstić information content (AvgIpc) is 3.53. The van der Waals surface area contributed by atoms with Gasteiger partial charge in [0, 0.05) is 17.7 Å². The molecule has 5 rings (SSSR count). The standard InChI is InChI=1S/C35H41N3O5/c1-6-8-9-18-43-28-15-12-25(21-29(28)42-7-2)34-31-32(30-23(4)19-22(3)20-27(30)39)36-37-33(31)35(40)38(34)17-16-24-10-13-26(41-5)14-11-24/h10-15,19-21,34,39H,6-9,16-18H2,1-5H3,(H,36,37). The number of carbonyl (C=O) groups excluding carboxylic acids is 1. The molecule has 1 unspecified atom stereocenters. The Kier molecular flexibility index (Phi) is 9.24. The molecule has 1 aromatic heterocycles. The average molecular weight is 584 g/mol. The summed E-state index contributed by atoms with van der Waals surface area (Å²) in [6.45, 7) is 9.59. The number of amides is 1. The van der Waals surface area contributed by atoms with Crippen molar-refractivity contribution in [2.45, 2.75) is 59.4 Å². The van der Waals surface area contributed by atoms with Crippen LogP contribution in [-0.4, -0.2) is 53.0 Å². The van der Waals surface area contributed by atoms with Gasteiger partial charge in [0.2, 0.25) is 0 Å². The molecule has 1 atom stereocenters. The molecular weight excluding hydrogens is 542 g/mol. The number of phenolic OH excluding ortho intramolecular Hbond substituents is 1. The lowest BCUT2D eigenvalue weighted by Crippen LogP contribution is -2.31. The summed E-state index contributed by atoms with van der Waals surface area (Å²) in [6, 6.07) is 17.1. The van der Waals surface area contributed by atoms with Crippen molar-refractivity contribution in [1.29, 1.82) is 0 Å². The number of rotatable bonds is 13. The first-order valence-corrected chi connectivity index (χ1v) is 15.1. The van der Waals surface area contributed by atoms with Crippen LogP contribution in [0.2, 0.25) is 0 Å². The van der Waals surface area contributed by atoms with Crippen LogP contribution in [-0.2, 0) is 6.42 Å². The number of fused-ring (bicyclic) bond motifs is 1. The Balaban J connectivity index is 1.57. The zero-order valence-corrected chi connectivity index (χ0v) is 25.7. The van der Waals surface area contributed by atoms with Crippen molar-refractivity contribution < 1.29 is 24.1 Å². The minimum Gasteiger partial charge on any atom is -0.507 e. The fourth-order valence-corrected chi connectivity index (χ4v) is 5.88. The molecule has 0 saturated carbocycles. The maximum atomic E-state index is 14.0. The molecule has 3 aromatic carbocycles. The molecule has 0 fully saturated rings. The van der Waals surface area contributed by atoms with E-state index in [9.17, 15) is 9.90 Å². The number of nitrogens with zero attached hydrogens (tertiary/aromatic N) is 2. The molecule has 0 bridgehead atoms. The van der Waals surface area contributed by atoms with Gasteiger partial charge >= 0.3 is 0 Å². The second-order valence-electron chi connectivity index (χ2n) is 11.0. The van der Waals surface area contributed by atoms with Crippen LogP contribution in [0.25, 0.3) is 11.3 Å². The van der Waals surface area contributed by atoms with Crippen molar-refractivity contribution in [2.24, 2.45) is 0 Å². The van der Waals surface area contributed by atoms with Gasteiger partial charge in [0.25, 0.3) is 5.91 Å². The second kappa shape index (κ2) is 13.2. The minimum absolute atomic E-state index is 0.130. The Morgan fingerprint density at radius 2 is 1.77 bits per heavy atom. The van der Waals surface area contributed by atoms with Crippen LogP contribution in [0.5, 0.6) is 23.0 Å². The first kappa shape index (κ1) is 30.0. The van der Waals surface area contributed by atoms with E-state index < -0.39 is 6.04 Å². The van der Waals surface area contributed by atoms with Crippen molar-refractivity contribution in [3.63, 3.8) is 0 Å². The van der Waals surface area contributed by atoms with Crippen LogP contribution in [0.15, 0.2) is 54.6 Å². The van der Waals surface area contributed by atoms with Crippen LogP contribution < -0.4 is 14.2 Å². The number of aromatic nitrogens is 2. The third-order valence-corrected chi connectivity index (χ3v) is 7.95. The highest BCUT2D eigenvalue weighted by Crippen LogP contribution is 2.47. The number of benzene rings is 3.